The summed E-state index contributed by atoms with van der Waals surface area (Å²) >= 11 is 0. The van der Waals surface area contributed by atoms with Crippen LogP contribution in [0.2, 0.25) is 0 Å². The molecule has 0 unspecified atom stereocenters. The second-order valence-electron chi connectivity index (χ2n) is 3.32. The molecule has 66 valence electrons. The molecule has 1 aromatic carbocycles. The van der Waals surface area contributed by atoms with Gasteiger partial charge in [-0.1, -0.05) is 50.6 Å². The summed E-state index contributed by atoms with van der Waals surface area (Å²) in [6, 6.07) is 10.5. The van der Waals surface area contributed by atoms with E-state index in [1.54, 1.807) is 0 Å². The Morgan fingerprint density at radius 2 is 1.83 bits per heavy atom. The highest BCUT2D eigenvalue weighted by Gasteiger charge is 2.11. The van der Waals surface area contributed by atoms with Crippen LogP contribution in [0.25, 0.3) is 0 Å². The van der Waals surface area contributed by atoms with Crippen molar-refractivity contribution in [2.75, 3.05) is 0 Å². The van der Waals surface area contributed by atoms with Crippen LogP contribution in [-0.4, -0.2) is 0 Å². The number of rotatable bonds is 3. The van der Waals surface area contributed by atoms with Crippen LogP contribution in [0, 0.1) is 5.92 Å². The molecule has 0 saturated heterocycles. The maximum absolute atomic E-state index is 6.05. The molecule has 0 aromatic heterocycles. The summed E-state index contributed by atoms with van der Waals surface area (Å²) in [6.07, 6.45) is 1.13. The Balaban J connectivity index is 2.71. The number of hydrogen-bond donors (Lipinski definition) is 1. The normalized spacial score (nSPS) is 15.6. The molecule has 0 bridgehead atoms. The molecule has 1 nitrogen and oxygen atoms in total. The summed E-state index contributed by atoms with van der Waals surface area (Å²) in [7, 11) is 0. The van der Waals surface area contributed by atoms with Crippen LogP contribution in [0.15, 0.2) is 30.3 Å². The fraction of sp³-hybridized carbons (Fsp3) is 0.455. The highest BCUT2D eigenvalue weighted by Crippen LogP contribution is 2.20. The van der Waals surface area contributed by atoms with Gasteiger partial charge in [0.2, 0.25) is 0 Å². The van der Waals surface area contributed by atoms with E-state index < -0.39 is 0 Å². The fourth-order valence-electron chi connectivity index (χ4n) is 1.26. The van der Waals surface area contributed by atoms with Crippen molar-refractivity contribution >= 4 is 0 Å². The molecular formula is C11H17N. The third kappa shape index (κ3) is 2.08. The van der Waals surface area contributed by atoms with Gasteiger partial charge >= 0.3 is 0 Å². The lowest BCUT2D eigenvalue weighted by Gasteiger charge is -2.18. The van der Waals surface area contributed by atoms with Crippen LogP contribution in [-0.2, 0) is 0 Å². The van der Waals surface area contributed by atoms with Gasteiger partial charge < -0.3 is 5.73 Å². The lowest BCUT2D eigenvalue weighted by molar-refractivity contribution is 0.457. The average Bonchev–Trinajstić information content (AvgIpc) is 2.17. The Labute approximate surface area is 74.6 Å². The van der Waals surface area contributed by atoms with Gasteiger partial charge in [0.25, 0.3) is 0 Å². The van der Waals surface area contributed by atoms with Crippen molar-refractivity contribution in [3.05, 3.63) is 35.9 Å². The fourth-order valence-corrected chi connectivity index (χ4v) is 1.26. The van der Waals surface area contributed by atoms with Crippen molar-refractivity contribution < 1.29 is 0 Å². The smallest absolute Gasteiger partial charge is 0.0320 e. The van der Waals surface area contributed by atoms with Gasteiger partial charge in [-0.2, -0.15) is 0 Å². The standard InChI is InChI=1S/C11H17N/c1-3-9(2)11(12)10-7-5-4-6-8-10/h4-9,11H,3,12H2,1-2H3/t9-,11+/m0/s1. The molecule has 0 aliphatic carbocycles. The first-order valence-corrected chi connectivity index (χ1v) is 4.56. The summed E-state index contributed by atoms with van der Waals surface area (Å²) < 4.78 is 0. The van der Waals surface area contributed by atoms with E-state index in [4.69, 9.17) is 5.73 Å². The zero-order valence-electron chi connectivity index (χ0n) is 7.83. The molecule has 1 aromatic rings. The third-order valence-corrected chi connectivity index (χ3v) is 2.44. The van der Waals surface area contributed by atoms with Crippen LogP contribution >= 0.6 is 0 Å². The van der Waals surface area contributed by atoms with Crippen LogP contribution in [0.3, 0.4) is 0 Å². The molecule has 2 N–H and O–H groups in total. The Hall–Kier alpha value is -0.820. The molecule has 12 heavy (non-hydrogen) atoms. The van der Waals surface area contributed by atoms with E-state index in [1.165, 1.54) is 5.56 Å². The molecule has 0 saturated carbocycles. The summed E-state index contributed by atoms with van der Waals surface area (Å²) in [6.45, 7) is 4.37. The topological polar surface area (TPSA) is 26.0 Å². The van der Waals surface area contributed by atoms with E-state index in [2.05, 4.69) is 26.0 Å². The lowest BCUT2D eigenvalue weighted by Crippen LogP contribution is -2.18. The second-order valence-corrected chi connectivity index (χ2v) is 3.32. The molecule has 0 radical (unpaired) electrons. The lowest BCUT2D eigenvalue weighted by atomic mass is 9.94. The van der Waals surface area contributed by atoms with Gasteiger partial charge in [0.1, 0.15) is 0 Å². The highest BCUT2D eigenvalue weighted by atomic mass is 14.6. The average molecular weight is 163 g/mol. The van der Waals surface area contributed by atoms with Crippen molar-refractivity contribution in [2.45, 2.75) is 26.3 Å². The zero-order valence-corrected chi connectivity index (χ0v) is 7.83. The SMILES string of the molecule is CC[C@H](C)[C@@H](N)c1ccccc1. The quantitative estimate of drug-likeness (QED) is 0.728. The molecule has 0 aliphatic rings. The molecule has 0 amide bonds. The van der Waals surface area contributed by atoms with Gasteiger partial charge in [0.05, 0.1) is 0 Å². The monoisotopic (exact) mass is 163 g/mol. The van der Waals surface area contributed by atoms with Gasteiger partial charge in [-0.05, 0) is 11.5 Å². The van der Waals surface area contributed by atoms with Crippen molar-refractivity contribution in [1.82, 2.24) is 0 Å². The van der Waals surface area contributed by atoms with Gasteiger partial charge in [-0.15, -0.1) is 0 Å². The van der Waals surface area contributed by atoms with E-state index in [9.17, 15) is 0 Å². The summed E-state index contributed by atoms with van der Waals surface area (Å²) in [5.74, 6) is 0.562. The van der Waals surface area contributed by atoms with E-state index in [1.807, 2.05) is 18.2 Å². The van der Waals surface area contributed by atoms with Crippen LogP contribution in [0.5, 0.6) is 0 Å². The van der Waals surface area contributed by atoms with Crippen molar-refractivity contribution in [3.63, 3.8) is 0 Å². The first-order chi connectivity index (χ1) is 5.75. The second kappa shape index (κ2) is 4.27. The number of nitrogens with two attached hydrogens (primary N) is 1. The molecule has 1 rings (SSSR count). The van der Waals surface area contributed by atoms with E-state index in [0.717, 1.165) is 6.42 Å². The van der Waals surface area contributed by atoms with Gasteiger partial charge in [-0.25, -0.2) is 0 Å². The minimum absolute atomic E-state index is 0.191. The molecule has 0 spiro atoms. The molecule has 0 fully saturated rings. The van der Waals surface area contributed by atoms with E-state index in [-0.39, 0.29) is 6.04 Å². The predicted octanol–water partition coefficient (Wildman–Crippen LogP) is 2.73. The van der Waals surface area contributed by atoms with Crippen molar-refractivity contribution in [3.8, 4) is 0 Å². The van der Waals surface area contributed by atoms with E-state index in [0.29, 0.717) is 5.92 Å². The number of hydrogen-bond acceptors (Lipinski definition) is 1. The Bertz CT molecular complexity index is 218. The van der Waals surface area contributed by atoms with E-state index >= 15 is 0 Å². The minimum atomic E-state index is 0.191. The van der Waals surface area contributed by atoms with Crippen LogP contribution < -0.4 is 5.73 Å². The third-order valence-electron chi connectivity index (χ3n) is 2.44. The van der Waals surface area contributed by atoms with Crippen LogP contribution in [0.4, 0.5) is 0 Å². The maximum atomic E-state index is 6.05. The Kier molecular flexibility index (Phi) is 3.30. The van der Waals surface area contributed by atoms with Gasteiger partial charge in [0, 0.05) is 6.04 Å². The Morgan fingerprint density at radius 1 is 1.25 bits per heavy atom. The summed E-state index contributed by atoms with van der Waals surface area (Å²) in [5, 5.41) is 0. The highest BCUT2D eigenvalue weighted by molar-refractivity contribution is 5.18. The first kappa shape index (κ1) is 9.27. The first-order valence-electron chi connectivity index (χ1n) is 4.56. The molecule has 0 heterocycles. The maximum Gasteiger partial charge on any atom is 0.0320 e. The summed E-state index contributed by atoms with van der Waals surface area (Å²) in [5.41, 5.74) is 7.29. The van der Waals surface area contributed by atoms with Crippen LogP contribution in [0.1, 0.15) is 31.9 Å². The van der Waals surface area contributed by atoms with Gasteiger partial charge in [0.15, 0.2) is 0 Å². The zero-order chi connectivity index (χ0) is 8.97. The number of benzene rings is 1. The largest absolute Gasteiger partial charge is 0.324 e. The minimum Gasteiger partial charge on any atom is -0.324 e. The molecule has 0 aliphatic heterocycles. The Morgan fingerprint density at radius 3 is 2.33 bits per heavy atom. The summed E-state index contributed by atoms with van der Waals surface area (Å²) in [4.78, 5) is 0. The molecule has 1 heteroatoms. The molecular weight excluding hydrogens is 146 g/mol. The van der Waals surface area contributed by atoms with Crippen molar-refractivity contribution in [1.29, 1.82) is 0 Å². The molecule has 2 atom stereocenters. The van der Waals surface area contributed by atoms with Crippen molar-refractivity contribution in [2.24, 2.45) is 11.7 Å². The predicted molar refractivity (Wildman–Crippen MR) is 52.8 cm³/mol. The van der Waals surface area contributed by atoms with Gasteiger partial charge in [-0.3, -0.25) is 0 Å².